The van der Waals surface area contributed by atoms with Gasteiger partial charge in [-0.05, 0) is 23.3 Å². The highest BCUT2D eigenvalue weighted by Crippen LogP contribution is 2.26. The van der Waals surface area contributed by atoms with E-state index in [9.17, 15) is 9.90 Å². The van der Waals surface area contributed by atoms with Gasteiger partial charge >= 0.3 is 6.09 Å². The first-order chi connectivity index (χ1) is 11.5. The first-order valence-corrected chi connectivity index (χ1v) is 8.07. The fraction of sp³-hybridized carbons (Fsp3) is 0.167. The molecule has 6 heteroatoms. The molecule has 0 heterocycles. The Kier molecular flexibility index (Phi) is 6.67. The number of nitrogens with one attached hydrogen (secondary N) is 1. The molecule has 0 saturated carbocycles. The summed E-state index contributed by atoms with van der Waals surface area (Å²) < 4.78 is 0. The minimum absolute atomic E-state index is 0.00929. The van der Waals surface area contributed by atoms with Gasteiger partial charge in [0.25, 0.3) is 0 Å². The van der Waals surface area contributed by atoms with Crippen LogP contribution in [0.5, 0.6) is 0 Å². The van der Waals surface area contributed by atoms with Crippen molar-refractivity contribution in [1.29, 1.82) is 0 Å². The molecule has 4 nitrogen and oxygen atoms in total. The topological polar surface area (TPSA) is 69.6 Å². The van der Waals surface area contributed by atoms with Gasteiger partial charge in [-0.3, -0.25) is 0 Å². The summed E-state index contributed by atoms with van der Waals surface area (Å²) >= 11 is 12.3. The van der Waals surface area contributed by atoms with Gasteiger partial charge < -0.3 is 15.5 Å². The van der Waals surface area contributed by atoms with Gasteiger partial charge in [-0.25, -0.2) is 4.79 Å². The standard InChI is InChI=1S/C18H17Cl2NO3/c19-16-5-2-6-17(20)15(16)8-7-12-3-1-4-13(9-12)10-14(22)11-21-18(23)24/h1-9,14,21-22H,10-11H2,(H,23,24). The highest BCUT2D eigenvalue weighted by Gasteiger charge is 2.07. The Morgan fingerprint density at radius 3 is 2.46 bits per heavy atom. The van der Waals surface area contributed by atoms with Crippen LogP contribution in [0.2, 0.25) is 10.0 Å². The summed E-state index contributed by atoms with van der Waals surface area (Å²) in [5, 5.41) is 21.7. The highest BCUT2D eigenvalue weighted by atomic mass is 35.5. The molecule has 2 aromatic rings. The van der Waals surface area contributed by atoms with E-state index in [1.54, 1.807) is 18.2 Å². The Labute approximate surface area is 150 Å². The Bertz CT molecular complexity index is 727. The van der Waals surface area contributed by atoms with Gasteiger partial charge in [0.2, 0.25) is 0 Å². The zero-order valence-electron chi connectivity index (χ0n) is 12.7. The molecule has 3 N–H and O–H groups in total. The molecule has 126 valence electrons. The molecule has 1 atom stereocenters. The monoisotopic (exact) mass is 365 g/mol. The molecule has 0 aromatic heterocycles. The minimum Gasteiger partial charge on any atom is -0.465 e. The van der Waals surface area contributed by atoms with Gasteiger partial charge in [-0.15, -0.1) is 0 Å². The van der Waals surface area contributed by atoms with Crippen molar-refractivity contribution in [2.24, 2.45) is 0 Å². The van der Waals surface area contributed by atoms with Crippen LogP contribution in [-0.4, -0.2) is 29.0 Å². The van der Waals surface area contributed by atoms with E-state index in [4.69, 9.17) is 28.3 Å². The van der Waals surface area contributed by atoms with E-state index in [-0.39, 0.29) is 6.54 Å². The zero-order chi connectivity index (χ0) is 17.5. The summed E-state index contributed by atoms with van der Waals surface area (Å²) in [6, 6.07) is 12.9. The lowest BCUT2D eigenvalue weighted by atomic mass is 10.0. The van der Waals surface area contributed by atoms with Crippen molar-refractivity contribution < 1.29 is 15.0 Å². The maximum absolute atomic E-state index is 10.4. The number of amides is 1. The molecule has 0 saturated heterocycles. The summed E-state index contributed by atoms with van der Waals surface area (Å²) in [5.74, 6) is 0. The predicted octanol–water partition coefficient (Wildman–Crippen LogP) is 4.33. The van der Waals surface area contributed by atoms with Gasteiger partial charge in [0, 0.05) is 28.6 Å². The number of carbonyl (C=O) groups is 1. The molecular formula is C18H17Cl2NO3. The number of benzene rings is 2. The van der Waals surface area contributed by atoms with E-state index in [1.165, 1.54) is 0 Å². The number of aliphatic hydroxyl groups excluding tert-OH is 1. The lowest BCUT2D eigenvalue weighted by Crippen LogP contribution is -2.31. The number of hydrogen-bond acceptors (Lipinski definition) is 2. The fourth-order valence-corrected chi connectivity index (χ4v) is 2.75. The Hall–Kier alpha value is -2.01. The molecule has 0 fully saturated rings. The number of carboxylic acid groups (broad SMARTS) is 1. The largest absolute Gasteiger partial charge is 0.465 e. The van der Waals surface area contributed by atoms with Crippen molar-refractivity contribution in [2.75, 3.05) is 6.54 Å². The van der Waals surface area contributed by atoms with Crippen LogP contribution in [0.4, 0.5) is 4.79 Å². The van der Waals surface area contributed by atoms with Gasteiger partial charge in [-0.1, -0.05) is 65.7 Å². The summed E-state index contributed by atoms with van der Waals surface area (Å²) in [6.45, 7) is -0.00929. The number of halogens is 2. The Morgan fingerprint density at radius 2 is 1.79 bits per heavy atom. The van der Waals surface area contributed by atoms with E-state index < -0.39 is 12.2 Å². The molecule has 0 aliphatic rings. The SMILES string of the molecule is O=C(O)NCC(O)Cc1cccc(C=Cc2c(Cl)cccc2Cl)c1. The molecule has 0 aliphatic heterocycles. The van der Waals surface area contributed by atoms with Crippen LogP contribution >= 0.6 is 23.2 Å². The van der Waals surface area contributed by atoms with E-state index >= 15 is 0 Å². The van der Waals surface area contributed by atoms with Crippen molar-refractivity contribution >= 4 is 41.4 Å². The molecule has 2 aromatic carbocycles. The van der Waals surface area contributed by atoms with Crippen LogP contribution in [0.25, 0.3) is 12.2 Å². The zero-order valence-corrected chi connectivity index (χ0v) is 14.3. The van der Waals surface area contributed by atoms with Crippen LogP contribution < -0.4 is 5.32 Å². The maximum Gasteiger partial charge on any atom is 0.404 e. The van der Waals surface area contributed by atoms with Gasteiger partial charge in [0.1, 0.15) is 0 Å². The third-order valence-corrected chi connectivity index (χ3v) is 4.01. The molecule has 0 bridgehead atoms. The third-order valence-electron chi connectivity index (χ3n) is 3.35. The molecule has 1 unspecified atom stereocenters. The van der Waals surface area contributed by atoms with Crippen LogP contribution in [0.1, 0.15) is 16.7 Å². The number of aliphatic hydroxyl groups is 1. The van der Waals surface area contributed by atoms with Crippen LogP contribution in [0.15, 0.2) is 42.5 Å². The van der Waals surface area contributed by atoms with Crippen LogP contribution in [0, 0.1) is 0 Å². The maximum atomic E-state index is 10.4. The summed E-state index contributed by atoms with van der Waals surface area (Å²) in [5.41, 5.74) is 2.58. The van der Waals surface area contributed by atoms with Crippen LogP contribution in [0.3, 0.4) is 0 Å². The molecule has 2 rings (SSSR count). The lowest BCUT2D eigenvalue weighted by molar-refractivity contribution is 0.157. The van der Waals surface area contributed by atoms with E-state index in [2.05, 4.69) is 5.32 Å². The lowest BCUT2D eigenvalue weighted by Gasteiger charge is -2.10. The first-order valence-electron chi connectivity index (χ1n) is 7.31. The van der Waals surface area contributed by atoms with Crippen molar-refractivity contribution in [2.45, 2.75) is 12.5 Å². The van der Waals surface area contributed by atoms with Crippen LogP contribution in [-0.2, 0) is 6.42 Å². The highest BCUT2D eigenvalue weighted by molar-refractivity contribution is 6.37. The second-order valence-electron chi connectivity index (χ2n) is 5.26. The minimum atomic E-state index is -1.15. The Balaban J connectivity index is 2.07. The van der Waals surface area contributed by atoms with Gasteiger partial charge in [-0.2, -0.15) is 0 Å². The quantitative estimate of drug-likeness (QED) is 0.667. The van der Waals surface area contributed by atoms with Crippen molar-refractivity contribution in [3.63, 3.8) is 0 Å². The molecule has 0 spiro atoms. The van der Waals surface area contributed by atoms with Gasteiger partial charge in [0.05, 0.1) is 6.10 Å². The Morgan fingerprint density at radius 1 is 1.12 bits per heavy atom. The average Bonchev–Trinajstić information content (AvgIpc) is 2.53. The molecule has 0 aliphatic carbocycles. The molecule has 0 radical (unpaired) electrons. The second kappa shape index (κ2) is 8.73. The predicted molar refractivity (Wildman–Crippen MR) is 97.6 cm³/mol. The van der Waals surface area contributed by atoms with E-state index in [1.807, 2.05) is 36.4 Å². The third kappa shape index (κ3) is 5.57. The van der Waals surface area contributed by atoms with Crippen molar-refractivity contribution in [3.05, 3.63) is 69.2 Å². The molecular weight excluding hydrogens is 349 g/mol. The average molecular weight is 366 g/mol. The van der Waals surface area contributed by atoms with E-state index in [0.717, 1.165) is 16.7 Å². The number of rotatable bonds is 6. The molecule has 1 amide bonds. The smallest absolute Gasteiger partial charge is 0.404 e. The molecule has 24 heavy (non-hydrogen) atoms. The summed E-state index contributed by atoms with van der Waals surface area (Å²) in [6.07, 6.45) is 2.15. The summed E-state index contributed by atoms with van der Waals surface area (Å²) in [4.78, 5) is 10.4. The summed E-state index contributed by atoms with van der Waals surface area (Å²) in [7, 11) is 0. The van der Waals surface area contributed by atoms with Crippen molar-refractivity contribution in [1.82, 2.24) is 5.32 Å². The first kappa shape index (κ1) is 18.3. The van der Waals surface area contributed by atoms with Gasteiger partial charge in [0.15, 0.2) is 0 Å². The second-order valence-corrected chi connectivity index (χ2v) is 6.07. The normalized spacial score (nSPS) is 12.3. The van der Waals surface area contributed by atoms with Crippen molar-refractivity contribution in [3.8, 4) is 0 Å². The van der Waals surface area contributed by atoms with E-state index in [0.29, 0.717) is 16.5 Å². The number of hydrogen-bond donors (Lipinski definition) is 3. The fourth-order valence-electron chi connectivity index (χ4n) is 2.22.